The van der Waals surface area contributed by atoms with Crippen LogP contribution in [0.2, 0.25) is 0 Å². The molecule has 3 aromatic rings. The van der Waals surface area contributed by atoms with E-state index in [0.29, 0.717) is 16.8 Å². The van der Waals surface area contributed by atoms with E-state index in [2.05, 4.69) is 24.1 Å². The van der Waals surface area contributed by atoms with E-state index >= 15 is 0 Å². The van der Waals surface area contributed by atoms with Crippen LogP contribution < -0.4 is 10.2 Å². The highest BCUT2D eigenvalue weighted by Crippen LogP contribution is 2.31. The Kier molecular flexibility index (Phi) is 7.63. The molecule has 0 heterocycles. The van der Waals surface area contributed by atoms with Crippen molar-refractivity contribution in [1.82, 2.24) is 0 Å². The molecule has 0 aliphatic heterocycles. The van der Waals surface area contributed by atoms with Crippen molar-refractivity contribution in [3.8, 4) is 0 Å². The van der Waals surface area contributed by atoms with Gasteiger partial charge < -0.3 is 20.1 Å². The molecule has 0 aliphatic rings. The smallest absolute Gasteiger partial charge is 0.348 e. The summed E-state index contributed by atoms with van der Waals surface area (Å²) in [5, 5.41) is 14.1. The van der Waals surface area contributed by atoms with Gasteiger partial charge in [0, 0.05) is 24.5 Å². The average Bonchev–Trinajstić information content (AvgIpc) is 2.85. The van der Waals surface area contributed by atoms with Gasteiger partial charge in [0.1, 0.15) is 0 Å². The van der Waals surface area contributed by atoms with Gasteiger partial charge in [0.05, 0.1) is 0 Å². The fraction of sp³-hybridized carbons (Fsp3) is 0.231. The summed E-state index contributed by atoms with van der Waals surface area (Å²) in [4.78, 5) is 27.5. The number of aliphatic hydroxyl groups is 1. The molecule has 0 fully saturated rings. The zero-order valence-electron chi connectivity index (χ0n) is 18.3. The third kappa shape index (κ3) is 5.15. The lowest BCUT2D eigenvalue weighted by molar-refractivity contribution is -0.163. The van der Waals surface area contributed by atoms with E-state index in [0.717, 1.165) is 18.8 Å². The van der Waals surface area contributed by atoms with Crippen molar-refractivity contribution in [2.24, 2.45) is 0 Å². The molecule has 6 nitrogen and oxygen atoms in total. The third-order valence-corrected chi connectivity index (χ3v) is 5.29. The molecule has 166 valence electrons. The topological polar surface area (TPSA) is 78.9 Å². The largest absolute Gasteiger partial charge is 0.453 e. The Labute approximate surface area is 188 Å². The van der Waals surface area contributed by atoms with Crippen LogP contribution in [-0.2, 0) is 19.9 Å². The molecule has 32 heavy (non-hydrogen) atoms. The van der Waals surface area contributed by atoms with E-state index < -0.39 is 24.1 Å². The second kappa shape index (κ2) is 10.6. The summed E-state index contributed by atoms with van der Waals surface area (Å²) >= 11 is 0. The number of hydrogen-bond acceptors (Lipinski definition) is 5. The molecular weight excluding hydrogens is 404 g/mol. The molecule has 3 aromatic carbocycles. The Morgan fingerprint density at radius 2 is 1.34 bits per heavy atom. The molecule has 1 amide bonds. The minimum atomic E-state index is -2.02. The predicted molar refractivity (Wildman–Crippen MR) is 125 cm³/mol. The highest BCUT2D eigenvalue weighted by Gasteiger charge is 2.41. The number of benzene rings is 3. The predicted octanol–water partition coefficient (Wildman–Crippen LogP) is 3.95. The number of anilines is 2. The fourth-order valence-electron chi connectivity index (χ4n) is 3.54. The average molecular weight is 433 g/mol. The lowest BCUT2D eigenvalue weighted by atomic mass is 9.86. The molecule has 0 unspecified atom stereocenters. The van der Waals surface area contributed by atoms with Crippen molar-refractivity contribution < 1.29 is 19.4 Å². The first-order valence-corrected chi connectivity index (χ1v) is 10.6. The lowest BCUT2D eigenvalue weighted by Crippen LogP contribution is -2.39. The van der Waals surface area contributed by atoms with E-state index in [-0.39, 0.29) is 0 Å². The summed E-state index contributed by atoms with van der Waals surface area (Å²) in [5.74, 6) is -1.40. The van der Waals surface area contributed by atoms with Crippen LogP contribution in [0, 0.1) is 0 Å². The van der Waals surface area contributed by atoms with Gasteiger partial charge in [0.2, 0.25) is 5.60 Å². The standard InChI is InChI=1S/C26H28N2O4/c1-3-28(4-2)23-17-15-22(16-18-23)27-24(29)19-32-25(30)26(31,20-11-7-5-8-12-20)21-13-9-6-10-14-21/h5-18,31H,3-4,19H2,1-2H3,(H,27,29). The molecule has 0 aromatic heterocycles. The second-order valence-electron chi connectivity index (χ2n) is 7.29. The number of nitrogens with one attached hydrogen (secondary N) is 1. The summed E-state index contributed by atoms with van der Waals surface area (Å²) in [7, 11) is 0. The van der Waals surface area contributed by atoms with E-state index in [1.165, 1.54) is 0 Å². The monoisotopic (exact) mass is 432 g/mol. The van der Waals surface area contributed by atoms with Gasteiger partial charge in [0.15, 0.2) is 6.61 Å². The zero-order chi connectivity index (χ0) is 23.0. The fourth-order valence-corrected chi connectivity index (χ4v) is 3.54. The van der Waals surface area contributed by atoms with Crippen LogP contribution in [0.1, 0.15) is 25.0 Å². The number of carbonyl (C=O) groups is 2. The molecule has 2 N–H and O–H groups in total. The summed E-state index contributed by atoms with van der Waals surface area (Å²) in [6.45, 7) is 5.44. The van der Waals surface area contributed by atoms with E-state index in [9.17, 15) is 14.7 Å². The van der Waals surface area contributed by atoms with Crippen LogP contribution in [-0.4, -0.2) is 36.7 Å². The molecule has 0 saturated heterocycles. The minimum absolute atomic E-state index is 0.364. The molecule has 0 atom stereocenters. The zero-order valence-corrected chi connectivity index (χ0v) is 18.3. The van der Waals surface area contributed by atoms with Crippen molar-refractivity contribution in [3.63, 3.8) is 0 Å². The summed E-state index contributed by atoms with van der Waals surface area (Å²) in [5.41, 5.74) is 0.375. The van der Waals surface area contributed by atoms with Gasteiger partial charge in [-0.25, -0.2) is 4.79 Å². The quantitative estimate of drug-likeness (QED) is 0.501. The second-order valence-corrected chi connectivity index (χ2v) is 7.29. The number of rotatable bonds is 9. The van der Waals surface area contributed by atoms with Crippen LogP contribution in [0.3, 0.4) is 0 Å². The van der Waals surface area contributed by atoms with E-state index in [1.54, 1.807) is 72.8 Å². The Hall–Kier alpha value is -3.64. The molecule has 3 rings (SSSR count). The van der Waals surface area contributed by atoms with E-state index in [4.69, 9.17) is 4.74 Å². The van der Waals surface area contributed by atoms with Crippen molar-refractivity contribution in [1.29, 1.82) is 0 Å². The maximum atomic E-state index is 13.0. The number of carbonyl (C=O) groups excluding carboxylic acids is 2. The highest BCUT2D eigenvalue weighted by molar-refractivity contribution is 5.94. The van der Waals surface area contributed by atoms with Gasteiger partial charge in [-0.3, -0.25) is 4.79 Å². The molecule has 6 heteroatoms. The first-order chi connectivity index (χ1) is 15.5. The third-order valence-electron chi connectivity index (χ3n) is 5.29. The molecule has 0 spiro atoms. The Morgan fingerprint density at radius 3 is 1.81 bits per heavy atom. The normalized spacial score (nSPS) is 11.0. The first-order valence-electron chi connectivity index (χ1n) is 10.6. The molecule has 0 saturated carbocycles. The highest BCUT2D eigenvalue weighted by atomic mass is 16.6. The Morgan fingerprint density at radius 1 is 0.844 bits per heavy atom. The first kappa shape index (κ1) is 23.0. The lowest BCUT2D eigenvalue weighted by Gasteiger charge is -2.27. The maximum Gasteiger partial charge on any atom is 0.348 e. The van der Waals surface area contributed by atoms with Crippen molar-refractivity contribution in [2.45, 2.75) is 19.4 Å². The van der Waals surface area contributed by atoms with Crippen LogP contribution in [0.15, 0.2) is 84.9 Å². The molecule has 0 radical (unpaired) electrons. The van der Waals surface area contributed by atoms with Gasteiger partial charge in [-0.1, -0.05) is 60.7 Å². The number of amides is 1. The summed E-state index contributed by atoms with van der Waals surface area (Å²) in [6.07, 6.45) is 0. The van der Waals surface area contributed by atoms with Crippen LogP contribution in [0.4, 0.5) is 11.4 Å². The van der Waals surface area contributed by atoms with Gasteiger partial charge in [-0.2, -0.15) is 0 Å². The van der Waals surface area contributed by atoms with Gasteiger partial charge in [0.25, 0.3) is 5.91 Å². The summed E-state index contributed by atoms with van der Waals surface area (Å²) < 4.78 is 5.24. The SMILES string of the molecule is CCN(CC)c1ccc(NC(=O)COC(=O)C(O)(c2ccccc2)c2ccccc2)cc1. The van der Waals surface area contributed by atoms with Crippen LogP contribution in [0.5, 0.6) is 0 Å². The van der Waals surface area contributed by atoms with Crippen molar-refractivity contribution >= 4 is 23.3 Å². The van der Waals surface area contributed by atoms with Gasteiger partial charge in [-0.05, 0) is 49.2 Å². The van der Waals surface area contributed by atoms with Crippen molar-refractivity contribution in [3.05, 3.63) is 96.1 Å². The van der Waals surface area contributed by atoms with Gasteiger partial charge in [-0.15, -0.1) is 0 Å². The maximum absolute atomic E-state index is 13.0. The summed E-state index contributed by atoms with van der Waals surface area (Å²) in [6, 6.07) is 24.5. The van der Waals surface area contributed by atoms with E-state index in [1.807, 2.05) is 12.1 Å². The van der Waals surface area contributed by atoms with Crippen LogP contribution >= 0.6 is 0 Å². The molecule has 0 bridgehead atoms. The Balaban J connectivity index is 1.68. The minimum Gasteiger partial charge on any atom is -0.453 e. The molecular formula is C26H28N2O4. The number of nitrogens with zero attached hydrogens (tertiary/aromatic N) is 1. The number of esters is 1. The number of hydrogen-bond donors (Lipinski definition) is 2. The van der Waals surface area contributed by atoms with Gasteiger partial charge >= 0.3 is 5.97 Å². The number of ether oxygens (including phenoxy) is 1. The van der Waals surface area contributed by atoms with Crippen LogP contribution in [0.25, 0.3) is 0 Å². The molecule has 0 aliphatic carbocycles. The Bertz CT molecular complexity index is 977. The van der Waals surface area contributed by atoms with Crippen molar-refractivity contribution in [2.75, 3.05) is 29.9 Å².